The molecule has 4 rings (SSSR count). The Morgan fingerprint density at radius 2 is 1.81 bits per heavy atom. The van der Waals surface area contributed by atoms with E-state index in [1.807, 2.05) is 0 Å². The summed E-state index contributed by atoms with van der Waals surface area (Å²) in [4.78, 5) is 41.7. The van der Waals surface area contributed by atoms with E-state index in [9.17, 15) is 28.3 Å². The minimum absolute atomic E-state index is 0.177. The van der Waals surface area contributed by atoms with Crippen LogP contribution in [0.2, 0.25) is 0 Å². The van der Waals surface area contributed by atoms with Gasteiger partial charge in [0.05, 0.1) is 19.0 Å². The first-order valence-electron chi connectivity index (χ1n) is 10.7. The number of hydrogen-bond acceptors (Lipinski definition) is 6. The summed E-state index contributed by atoms with van der Waals surface area (Å²) in [7, 11) is 2.88. The number of benzene rings is 2. The molecule has 2 heterocycles. The van der Waals surface area contributed by atoms with Crippen LogP contribution in [0.15, 0.2) is 59.7 Å². The molecule has 0 spiro atoms. The molecule has 2 aromatic heterocycles. The smallest absolute Gasteiger partial charge is 0.326 e. The predicted octanol–water partition coefficient (Wildman–Crippen LogP) is 2.71. The topological polar surface area (TPSA) is 123 Å². The zero-order valence-electron chi connectivity index (χ0n) is 19.2. The van der Waals surface area contributed by atoms with Crippen LogP contribution in [0.25, 0.3) is 22.0 Å². The van der Waals surface area contributed by atoms with Gasteiger partial charge in [-0.3, -0.25) is 14.6 Å². The largest absolute Gasteiger partial charge is 0.494 e. The number of ether oxygens (including phenoxy) is 1. The van der Waals surface area contributed by atoms with Crippen molar-refractivity contribution in [1.82, 2.24) is 20.1 Å². The quantitative estimate of drug-likeness (QED) is 0.405. The van der Waals surface area contributed by atoms with E-state index in [0.29, 0.717) is 22.0 Å². The van der Waals surface area contributed by atoms with Gasteiger partial charge in [-0.05, 0) is 29.1 Å². The molecule has 0 unspecified atom stereocenters. The Bertz CT molecular complexity index is 1530. The van der Waals surface area contributed by atoms with E-state index < -0.39 is 40.7 Å². The van der Waals surface area contributed by atoms with Crippen molar-refractivity contribution in [3.63, 3.8) is 0 Å². The monoisotopic (exact) mass is 494 g/mol. The molecule has 1 atom stereocenters. The number of pyridine rings is 1. The van der Waals surface area contributed by atoms with Gasteiger partial charge in [-0.25, -0.2) is 18.3 Å². The molecule has 0 saturated carbocycles. The van der Waals surface area contributed by atoms with Crippen LogP contribution in [-0.4, -0.2) is 44.9 Å². The number of nitrogens with zero attached hydrogens (tertiary/aromatic N) is 3. The third-order valence-electron chi connectivity index (χ3n) is 5.67. The molecular formula is C25H20F2N4O5. The summed E-state index contributed by atoms with van der Waals surface area (Å²) < 4.78 is 34.5. The molecule has 2 N–H and O–H groups in total. The number of carbonyl (C=O) groups excluding carboxylic acids is 1. The van der Waals surface area contributed by atoms with Gasteiger partial charge >= 0.3 is 5.97 Å². The minimum atomic E-state index is -1.50. The maximum atomic E-state index is 14.0. The third kappa shape index (κ3) is 4.50. The number of nitrogens with one attached hydrogen (secondary N) is 1. The molecule has 0 bridgehead atoms. The molecule has 4 aromatic rings. The van der Waals surface area contributed by atoms with Crippen molar-refractivity contribution in [2.24, 2.45) is 7.05 Å². The molecule has 0 saturated heterocycles. The number of halogens is 2. The van der Waals surface area contributed by atoms with Gasteiger partial charge in [0.1, 0.15) is 28.8 Å². The van der Waals surface area contributed by atoms with Crippen molar-refractivity contribution in [3.05, 3.63) is 88.0 Å². The van der Waals surface area contributed by atoms with Crippen molar-refractivity contribution in [3.8, 4) is 17.0 Å². The minimum Gasteiger partial charge on any atom is -0.494 e. The number of aliphatic carboxylic acids is 1. The predicted molar refractivity (Wildman–Crippen MR) is 126 cm³/mol. The molecule has 0 fully saturated rings. The highest BCUT2D eigenvalue weighted by atomic mass is 19.1. The lowest BCUT2D eigenvalue weighted by Gasteiger charge is -2.17. The van der Waals surface area contributed by atoms with Crippen LogP contribution < -0.4 is 15.6 Å². The van der Waals surface area contributed by atoms with Gasteiger partial charge in [0.15, 0.2) is 5.75 Å². The second-order valence-electron chi connectivity index (χ2n) is 7.85. The SMILES string of the molecule is COc1cnn(C)c(=O)c1-c1nccc2c(C[C@H](NC(=O)c3c(F)cccc3F)C(=O)O)cccc12. The standard InChI is InChI=1S/C25H20F2N4O5/c1-31-24(33)21(19(36-2)12-29-31)22-15-6-3-5-13(14(15)9-10-28-22)11-18(25(34)35)30-23(32)20-16(26)7-4-8-17(20)27/h3-10,12,18H,11H2,1-2H3,(H,30,32)(H,34,35)/t18-/m0/s1. The lowest BCUT2D eigenvalue weighted by molar-refractivity contribution is -0.139. The highest BCUT2D eigenvalue weighted by molar-refractivity contribution is 5.99. The average molecular weight is 494 g/mol. The molecule has 9 nitrogen and oxygen atoms in total. The number of amides is 1. The van der Waals surface area contributed by atoms with E-state index >= 15 is 0 Å². The van der Waals surface area contributed by atoms with Gasteiger partial charge in [-0.15, -0.1) is 0 Å². The van der Waals surface area contributed by atoms with Crippen molar-refractivity contribution < 1.29 is 28.2 Å². The lowest BCUT2D eigenvalue weighted by Crippen LogP contribution is -2.43. The highest BCUT2D eigenvalue weighted by Crippen LogP contribution is 2.32. The number of rotatable bonds is 7. The fraction of sp³-hybridized carbons (Fsp3) is 0.160. The second-order valence-corrected chi connectivity index (χ2v) is 7.85. The first kappa shape index (κ1) is 24.5. The highest BCUT2D eigenvalue weighted by Gasteiger charge is 2.26. The molecule has 0 aliphatic rings. The van der Waals surface area contributed by atoms with Crippen LogP contribution >= 0.6 is 0 Å². The van der Waals surface area contributed by atoms with Gasteiger partial charge in [-0.2, -0.15) is 5.10 Å². The van der Waals surface area contributed by atoms with Crippen LogP contribution in [0.1, 0.15) is 15.9 Å². The number of methoxy groups -OCH3 is 1. The molecule has 1 amide bonds. The van der Waals surface area contributed by atoms with Crippen molar-refractivity contribution >= 4 is 22.6 Å². The molecule has 11 heteroatoms. The molecule has 0 radical (unpaired) electrons. The second kappa shape index (κ2) is 9.90. The molecular weight excluding hydrogens is 474 g/mol. The van der Waals surface area contributed by atoms with E-state index in [1.54, 1.807) is 24.3 Å². The summed E-state index contributed by atoms with van der Waals surface area (Å²) >= 11 is 0. The van der Waals surface area contributed by atoms with Crippen LogP contribution in [0, 0.1) is 11.6 Å². The Hall–Kier alpha value is -4.67. The maximum absolute atomic E-state index is 14.0. The normalized spacial score (nSPS) is 11.8. The van der Waals surface area contributed by atoms with E-state index in [2.05, 4.69) is 15.4 Å². The van der Waals surface area contributed by atoms with Crippen LogP contribution in [0.4, 0.5) is 8.78 Å². The van der Waals surface area contributed by atoms with E-state index in [0.717, 1.165) is 22.9 Å². The van der Waals surface area contributed by atoms with Crippen molar-refractivity contribution in [2.75, 3.05) is 7.11 Å². The molecule has 36 heavy (non-hydrogen) atoms. The molecule has 0 aliphatic carbocycles. The summed E-state index contributed by atoms with van der Waals surface area (Å²) in [6, 6.07) is 8.07. The van der Waals surface area contributed by atoms with E-state index in [1.165, 1.54) is 26.6 Å². The zero-order valence-corrected chi connectivity index (χ0v) is 19.2. The Morgan fingerprint density at radius 1 is 1.11 bits per heavy atom. The molecule has 2 aromatic carbocycles. The number of hydrogen-bond donors (Lipinski definition) is 2. The number of aromatic nitrogens is 3. The van der Waals surface area contributed by atoms with Crippen molar-refractivity contribution in [2.45, 2.75) is 12.5 Å². The number of fused-ring (bicyclic) bond motifs is 1. The third-order valence-corrected chi connectivity index (χ3v) is 5.67. The summed E-state index contributed by atoms with van der Waals surface area (Å²) in [5.74, 6) is -4.58. The first-order chi connectivity index (χ1) is 17.2. The van der Waals surface area contributed by atoms with Crippen molar-refractivity contribution in [1.29, 1.82) is 0 Å². The summed E-state index contributed by atoms with van der Waals surface area (Å²) in [6.07, 6.45) is 2.64. The van der Waals surface area contributed by atoms with Gasteiger partial charge in [-0.1, -0.05) is 24.3 Å². The number of carbonyl (C=O) groups is 2. The Kier molecular flexibility index (Phi) is 6.73. The Labute approximate surface area is 203 Å². The van der Waals surface area contributed by atoms with Gasteiger partial charge in [0.25, 0.3) is 11.5 Å². The number of carboxylic acids is 1. The maximum Gasteiger partial charge on any atom is 0.326 e. The molecule has 0 aliphatic heterocycles. The Balaban J connectivity index is 1.76. The van der Waals surface area contributed by atoms with Gasteiger partial charge in [0, 0.05) is 25.1 Å². The van der Waals surface area contributed by atoms with E-state index in [-0.39, 0.29) is 17.7 Å². The average Bonchev–Trinajstić information content (AvgIpc) is 2.85. The van der Waals surface area contributed by atoms with Gasteiger partial charge in [0.2, 0.25) is 0 Å². The number of aryl methyl sites for hydroxylation is 1. The fourth-order valence-electron chi connectivity index (χ4n) is 3.91. The molecule has 184 valence electrons. The fourth-order valence-corrected chi connectivity index (χ4v) is 3.91. The first-order valence-corrected chi connectivity index (χ1v) is 10.7. The summed E-state index contributed by atoms with van der Waals surface area (Å²) in [5, 5.41) is 17.0. The van der Waals surface area contributed by atoms with Crippen LogP contribution in [-0.2, 0) is 18.3 Å². The zero-order chi connectivity index (χ0) is 26.0. The van der Waals surface area contributed by atoms with Gasteiger partial charge < -0.3 is 15.2 Å². The summed E-state index contributed by atoms with van der Waals surface area (Å²) in [5.41, 5.74) is -0.326. The van der Waals surface area contributed by atoms with Crippen LogP contribution in [0.5, 0.6) is 5.75 Å². The van der Waals surface area contributed by atoms with Crippen LogP contribution in [0.3, 0.4) is 0 Å². The summed E-state index contributed by atoms with van der Waals surface area (Å²) in [6.45, 7) is 0. The number of carboxylic acid groups (broad SMARTS) is 1. The lowest BCUT2D eigenvalue weighted by atomic mass is 9.96. The van der Waals surface area contributed by atoms with E-state index in [4.69, 9.17) is 4.74 Å². The Morgan fingerprint density at radius 3 is 2.47 bits per heavy atom.